The van der Waals surface area contributed by atoms with E-state index in [1.165, 1.54) is 16.8 Å². The second-order valence-corrected chi connectivity index (χ2v) is 5.63. The molecule has 1 aliphatic rings. The molecule has 3 rings (SSSR count). The van der Waals surface area contributed by atoms with Crippen LogP contribution in [0, 0.1) is 0 Å². The second kappa shape index (κ2) is 6.31. The first-order valence-electron chi connectivity index (χ1n) is 7.71. The zero-order valence-corrected chi connectivity index (χ0v) is 12.8. The van der Waals surface area contributed by atoms with Gasteiger partial charge < -0.3 is 10.1 Å². The van der Waals surface area contributed by atoms with Crippen LogP contribution in [0.2, 0.25) is 0 Å². The third kappa shape index (κ3) is 3.10. The lowest BCUT2D eigenvalue weighted by atomic mass is 9.93. The number of nitrogens with one attached hydrogen (secondary N) is 1. The molecule has 0 saturated carbocycles. The van der Waals surface area contributed by atoms with Crippen molar-refractivity contribution in [2.75, 3.05) is 13.2 Å². The number of hydrogen-bond acceptors (Lipinski definition) is 3. The van der Waals surface area contributed by atoms with E-state index in [4.69, 9.17) is 4.74 Å². The highest BCUT2D eigenvalue weighted by molar-refractivity contribution is 5.37. The van der Waals surface area contributed by atoms with Gasteiger partial charge in [0.15, 0.2) is 0 Å². The first kappa shape index (κ1) is 14.1. The van der Waals surface area contributed by atoms with Gasteiger partial charge in [-0.15, -0.1) is 0 Å². The molecular formula is C17H23N3O. The van der Waals surface area contributed by atoms with Crippen LogP contribution in [-0.4, -0.2) is 22.9 Å². The summed E-state index contributed by atoms with van der Waals surface area (Å²) in [6.07, 6.45) is 4.18. The lowest BCUT2D eigenvalue weighted by Crippen LogP contribution is -2.25. The zero-order chi connectivity index (χ0) is 14.7. The Bertz CT molecular complexity index is 606. The summed E-state index contributed by atoms with van der Waals surface area (Å²) in [5, 5.41) is 8.08. The number of ether oxygens (including phenoxy) is 1. The molecule has 1 aromatic heterocycles. The maximum atomic E-state index is 5.72. The van der Waals surface area contributed by atoms with Gasteiger partial charge in [-0.3, -0.25) is 4.68 Å². The number of fused-ring (bicyclic) bond motifs is 1. The van der Waals surface area contributed by atoms with Gasteiger partial charge in [-0.05, 0) is 24.5 Å². The molecule has 112 valence electrons. The van der Waals surface area contributed by atoms with E-state index in [0.29, 0.717) is 5.92 Å². The SMILES string of the molecule is CCc1nn(C)cc1CNCC1CCOc2ccccc21. The molecule has 0 radical (unpaired) electrons. The van der Waals surface area contributed by atoms with Crippen molar-refractivity contribution in [1.82, 2.24) is 15.1 Å². The number of aryl methyl sites for hydroxylation is 2. The molecule has 1 aromatic carbocycles. The van der Waals surface area contributed by atoms with Crippen LogP contribution < -0.4 is 10.1 Å². The molecule has 1 atom stereocenters. The van der Waals surface area contributed by atoms with Gasteiger partial charge in [-0.2, -0.15) is 5.10 Å². The quantitative estimate of drug-likeness (QED) is 0.918. The summed E-state index contributed by atoms with van der Waals surface area (Å²) >= 11 is 0. The molecule has 2 heterocycles. The highest BCUT2D eigenvalue weighted by Gasteiger charge is 2.20. The molecule has 21 heavy (non-hydrogen) atoms. The number of para-hydroxylation sites is 1. The first-order valence-corrected chi connectivity index (χ1v) is 7.71. The Hall–Kier alpha value is -1.81. The maximum Gasteiger partial charge on any atom is 0.122 e. The number of aromatic nitrogens is 2. The van der Waals surface area contributed by atoms with Gasteiger partial charge in [-0.25, -0.2) is 0 Å². The monoisotopic (exact) mass is 285 g/mol. The standard InChI is InChI=1S/C17H23N3O/c1-3-16-14(12-20(2)19-16)11-18-10-13-8-9-21-17-7-5-4-6-15(13)17/h4-7,12-13,18H,3,8-11H2,1-2H3. The van der Waals surface area contributed by atoms with E-state index in [2.05, 4.69) is 41.7 Å². The first-order chi connectivity index (χ1) is 10.3. The Morgan fingerprint density at radius 3 is 3.10 bits per heavy atom. The molecule has 1 unspecified atom stereocenters. The van der Waals surface area contributed by atoms with E-state index in [1.807, 2.05) is 17.8 Å². The summed E-state index contributed by atoms with van der Waals surface area (Å²) in [6.45, 7) is 4.84. The molecule has 4 heteroatoms. The second-order valence-electron chi connectivity index (χ2n) is 5.63. The van der Waals surface area contributed by atoms with Crippen molar-refractivity contribution in [1.29, 1.82) is 0 Å². The summed E-state index contributed by atoms with van der Waals surface area (Å²) in [4.78, 5) is 0. The number of rotatable bonds is 5. The average Bonchev–Trinajstić information content (AvgIpc) is 2.87. The van der Waals surface area contributed by atoms with Gasteiger partial charge in [0.1, 0.15) is 5.75 Å². The Labute approximate surface area is 126 Å². The van der Waals surface area contributed by atoms with Gasteiger partial charge in [0.25, 0.3) is 0 Å². The molecule has 0 saturated heterocycles. The molecule has 0 spiro atoms. The molecular weight excluding hydrogens is 262 g/mol. The Kier molecular flexibility index (Phi) is 4.25. The minimum Gasteiger partial charge on any atom is -0.493 e. The molecule has 0 aliphatic carbocycles. The van der Waals surface area contributed by atoms with Crippen LogP contribution in [0.25, 0.3) is 0 Å². The van der Waals surface area contributed by atoms with E-state index in [9.17, 15) is 0 Å². The highest BCUT2D eigenvalue weighted by Crippen LogP contribution is 2.32. The fourth-order valence-electron chi connectivity index (χ4n) is 3.04. The third-order valence-corrected chi connectivity index (χ3v) is 4.12. The molecule has 4 nitrogen and oxygen atoms in total. The lowest BCUT2D eigenvalue weighted by molar-refractivity contribution is 0.264. The minimum absolute atomic E-state index is 0.539. The predicted octanol–water partition coefficient (Wildman–Crippen LogP) is 2.64. The normalized spacial score (nSPS) is 17.3. The fraction of sp³-hybridized carbons (Fsp3) is 0.471. The van der Waals surface area contributed by atoms with Crippen molar-refractivity contribution >= 4 is 0 Å². The lowest BCUT2D eigenvalue weighted by Gasteiger charge is -2.26. The van der Waals surface area contributed by atoms with Gasteiger partial charge >= 0.3 is 0 Å². The Morgan fingerprint density at radius 1 is 1.38 bits per heavy atom. The van der Waals surface area contributed by atoms with E-state index in [1.54, 1.807) is 0 Å². The van der Waals surface area contributed by atoms with Gasteiger partial charge in [0.05, 0.1) is 12.3 Å². The minimum atomic E-state index is 0.539. The van der Waals surface area contributed by atoms with Crippen molar-refractivity contribution in [3.05, 3.63) is 47.3 Å². The summed E-state index contributed by atoms with van der Waals surface area (Å²) in [7, 11) is 1.98. The molecule has 0 fully saturated rings. The topological polar surface area (TPSA) is 39.1 Å². The van der Waals surface area contributed by atoms with E-state index >= 15 is 0 Å². The molecule has 1 N–H and O–H groups in total. The predicted molar refractivity (Wildman–Crippen MR) is 83.6 cm³/mol. The van der Waals surface area contributed by atoms with Gasteiger partial charge in [-0.1, -0.05) is 25.1 Å². The van der Waals surface area contributed by atoms with Gasteiger partial charge in [0.2, 0.25) is 0 Å². The van der Waals surface area contributed by atoms with Gasteiger partial charge in [0, 0.05) is 37.8 Å². The van der Waals surface area contributed by atoms with Crippen LogP contribution in [0.15, 0.2) is 30.5 Å². The van der Waals surface area contributed by atoms with Crippen LogP contribution in [0.4, 0.5) is 0 Å². The summed E-state index contributed by atoms with van der Waals surface area (Å²) in [5.74, 6) is 1.59. The van der Waals surface area contributed by atoms with E-state index in [0.717, 1.165) is 38.3 Å². The summed E-state index contributed by atoms with van der Waals surface area (Å²) in [6, 6.07) is 8.38. The molecule has 0 bridgehead atoms. The maximum absolute atomic E-state index is 5.72. The van der Waals surface area contributed by atoms with Crippen molar-refractivity contribution < 1.29 is 4.74 Å². The number of nitrogens with zero attached hydrogens (tertiary/aromatic N) is 2. The van der Waals surface area contributed by atoms with E-state index in [-0.39, 0.29) is 0 Å². The van der Waals surface area contributed by atoms with Crippen molar-refractivity contribution in [2.24, 2.45) is 7.05 Å². The van der Waals surface area contributed by atoms with Crippen LogP contribution in [0.5, 0.6) is 5.75 Å². The van der Waals surface area contributed by atoms with Crippen molar-refractivity contribution in [3.8, 4) is 5.75 Å². The van der Waals surface area contributed by atoms with Crippen LogP contribution in [0.1, 0.15) is 36.1 Å². The smallest absolute Gasteiger partial charge is 0.122 e. The van der Waals surface area contributed by atoms with Crippen LogP contribution >= 0.6 is 0 Å². The average molecular weight is 285 g/mol. The third-order valence-electron chi connectivity index (χ3n) is 4.12. The number of benzene rings is 1. The Balaban J connectivity index is 1.61. The molecule has 1 aliphatic heterocycles. The Morgan fingerprint density at radius 2 is 2.24 bits per heavy atom. The summed E-state index contributed by atoms with van der Waals surface area (Å²) in [5.41, 5.74) is 3.83. The van der Waals surface area contributed by atoms with Crippen LogP contribution in [0.3, 0.4) is 0 Å². The largest absolute Gasteiger partial charge is 0.493 e. The van der Waals surface area contributed by atoms with Crippen LogP contribution in [-0.2, 0) is 20.0 Å². The zero-order valence-electron chi connectivity index (χ0n) is 12.8. The molecule has 2 aromatic rings. The van der Waals surface area contributed by atoms with Crippen molar-refractivity contribution in [2.45, 2.75) is 32.2 Å². The van der Waals surface area contributed by atoms with Crippen molar-refractivity contribution in [3.63, 3.8) is 0 Å². The summed E-state index contributed by atoms with van der Waals surface area (Å²) < 4.78 is 7.62. The molecule has 0 amide bonds. The van der Waals surface area contributed by atoms with E-state index < -0.39 is 0 Å². The fourth-order valence-corrected chi connectivity index (χ4v) is 3.04. The highest BCUT2D eigenvalue weighted by atomic mass is 16.5. The number of hydrogen-bond donors (Lipinski definition) is 1.